The van der Waals surface area contributed by atoms with E-state index < -0.39 is 7.05 Å². The first-order valence-corrected chi connectivity index (χ1v) is 11.7. The molecule has 0 aromatic carbocycles. The summed E-state index contributed by atoms with van der Waals surface area (Å²) in [6.45, 7) is 14.0. The Morgan fingerprint density at radius 2 is 1.13 bits per heavy atom. The molecular formula is C19H36N3P. The molecule has 0 saturated heterocycles. The maximum absolute atomic E-state index is 5.00. The molecule has 23 heavy (non-hydrogen) atoms. The molecule has 0 heterocycles. The fourth-order valence-electron chi connectivity index (χ4n) is 6.47. The number of nitrogens with zero attached hydrogens (tertiary/aromatic N) is 3. The Hall–Kier alpha value is -0.170. The highest BCUT2D eigenvalue weighted by molar-refractivity contribution is 7.68. The third-order valence-electron chi connectivity index (χ3n) is 6.94. The highest BCUT2D eigenvalue weighted by Crippen LogP contribution is 2.62. The summed E-state index contributed by atoms with van der Waals surface area (Å²) in [4.78, 5) is 5.00. The molecule has 0 amide bonds. The number of hydrogen-bond donors (Lipinski definition) is 0. The molecule has 0 radical (unpaired) electrons. The highest BCUT2D eigenvalue weighted by Gasteiger charge is 2.51. The van der Waals surface area contributed by atoms with Crippen LogP contribution < -0.4 is 0 Å². The molecule has 4 aliphatic rings. The van der Waals surface area contributed by atoms with Crippen molar-refractivity contribution in [2.45, 2.75) is 103 Å². The predicted molar refractivity (Wildman–Crippen MR) is 101 cm³/mol. The summed E-state index contributed by atoms with van der Waals surface area (Å²) in [5.41, 5.74) is 1.95. The van der Waals surface area contributed by atoms with Gasteiger partial charge >= 0.3 is 0 Å². The van der Waals surface area contributed by atoms with E-state index in [1.54, 1.807) is 0 Å². The lowest BCUT2D eigenvalue weighted by Crippen LogP contribution is -2.49. The van der Waals surface area contributed by atoms with Crippen molar-refractivity contribution < 1.29 is 0 Å². The van der Waals surface area contributed by atoms with E-state index in [1.165, 1.54) is 38.5 Å². The molecule has 0 spiro atoms. The molecule has 4 aliphatic carbocycles. The molecule has 3 nitrogen and oxygen atoms in total. The van der Waals surface area contributed by atoms with E-state index in [-0.39, 0.29) is 5.54 Å². The van der Waals surface area contributed by atoms with Gasteiger partial charge in [-0.05, 0) is 73.3 Å². The van der Waals surface area contributed by atoms with Crippen molar-refractivity contribution in [2.24, 2.45) is 32.9 Å². The van der Waals surface area contributed by atoms with E-state index in [2.05, 4.69) is 46.8 Å². The minimum Gasteiger partial charge on any atom is -0.162 e. The van der Waals surface area contributed by atoms with Crippen LogP contribution in [0.5, 0.6) is 0 Å². The van der Waals surface area contributed by atoms with Crippen LogP contribution in [0.2, 0.25) is 0 Å². The zero-order valence-electron chi connectivity index (χ0n) is 16.0. The van der Waals surface area contributed by atoms with Gasteiger partial charge in [0.2, 0.25) is 0 Å². The monoisotopic (exact) mass is 337 g/mol. The second-order valence-electron chi connectivity index (χ2n) is 9.50. The van der Waals surface area contributed by atoms with Crippen molar-refractivity contribution in [1.82, 2.24) is 0 Å². The van der Waals surface area contributed by atoms with E-state index in [9.17, 15) is 0 Å². The molecule has 0 atom stereocenters. The van der Waals surface area contributed by atoms with Gasteiger partial charge in [-0.15, -0.1) is 0 Å². The lowest BCUT2D eigenvalue weighted by molar-refractivity contribution is -0.00207. The Morgan fingerprint density at radius 3 is 1.48 bits per heavy atom. The SMILES string of the molecule is CC(C)P(=NN=NC12CC3CC(CC(C3)C1)C2)(C(C)C)C(C)C. The Bertz CT molecular complexity index is 455. The largest absolute Gasteiger partial charge is 0.162 e. The van der Waals surface area contributed by atoms with Gasteiger partial charge in [0.1, 0.15) is 0 Å². The van der Waals surface area contributed by atoms with Gasteiger partial charge in [-0.1, -0.05) is 46.8 Å². The van der Waals surface area contributed by atoms with Gasteiger partial charge in [0.25, 0.3) is 0 Å². The number of hydrogen-bond acceptors (Lipinski definition) is 1. The van der Waals surface area contributed by atoms with E-state index in [1.807, 2.05) is 0 Å². The van der Waals surface area contributed by atoms with Crippen LogP contribution in [0.25, 0.3) is 0 Å². The minimum atomic E-state index is -1.46. The first-order valence-electron chi connectivity index (χ1n) is 9.80. The number of rotatable bonds is 5. The van der Waals surface area contributed by atoms with E-state index in [4.69, 9.17) is 9.97 Å². The van der Waals surface area contributed by atoms with Gasteiger partial charge in [-0.25, -0.2) is 0 Å². The zero-order valence-corrected chi connectivity index (χ0v) is 16.9. The Morgan fingerprint density at radius 1 is 0.739 bits per heavy atom. The quantitative estimate of drug-likeness (QED) is 0.302. The summed E-state index contributed by atoms with van der Waals surface area (Å²) in [6.07, 6.45) is 8.25. The van der Waals surface area contributed by atoms with Crippen molar-refractivity contribution in [1.29, 1.82) is 0 Å². The van der Waals surface area contributed by atoms with Gasteiger partial charge in [-0.2, -0.15) is 9.97 Å². The maximum atomic E-state index is 5.00. The molecule has 4 rings (SSSR count). The maximum Gasteiger partial charge on any atom is 0.0846 e. The van der Waals surface area contributed by atoms with Gasteiger partial charge in [0.05, 0.1) is 5.54 Å². The average Bonchev–Trinajstić information content (AvgIpc) is 2.40. The molecule has 0 aromatic rings. The van der Waals surface area contributed by atoms with E-state index >= 15 is 0 Å². The lowest BCUT2D eigenvalue weighted by Gasteiger charge is -2.54. The van der Waals surface area contributed by atoms with Crippen molar-refractivity contribution >= 4 is 7.05 Å². The molecule has 0 N–H and O–H groups in total. The summed E-state index contributed by atoms with van der Waals surface area (Å²) in [7, 11) is -1.46. The van der Waals surface area contributed by atoms with E-state index in [0.717, 1.165) is 17.8 Å². The fourth-order valence-corrected chi connectivity index (χ4v) is 10.8. The normalized spacial score (nSPS) is 36.8. The molecule has 0 aromatic heterocycles. The molecule has 4 heteroatoms. The van der Waals surface area contributed by atoms with Gasteiger partial charge in [0.15, 0.2) is 0 Å². The second kappa shape index (κ2) is 6.28. The average molecular weight is 337 g/mol. The van der Waals surface area contributed by atoms with Crippen LogP contribution in [0.4, 0.5) is 0 Å². The van der Waals surface area contributed by atoms with Gasteiger partial charge in [0, 0.05) is 7.05 Å². The molecule has 132 valence electrons. The predicted octanol–water partition coefficient (Wildman–Crippen LogP) is 6.75. The van der Waals surface area contributed by atoms with Crippen LogP contribution in [-0.4, -0.2) is 22.5 Å². The minimum absolute atomic E-state index is 0.166. The Kier molecular flexibility index (Phi) is 4.82. The van der Waals surface area contributed by atoms with Crippen molar-refractivity contribution in [3.05, 3.63) is 0 Å². The van der Waals surface area contributed by atoms with Crippen LogP contribution in [0.15, 0.2) is 15.2 Å². The van der Waals surface area contributed by atoms with Crippen LogP contribution in [0.1, 0.15) is 80.1 Å². The molecule has 4 bridgehead atoms. The van der Waals surface area contributed by atoms with Crippen molar-refractivity contribution in [2.75, 3.05) is 0 Å². The Labute approximate surface area is 143 Å². The molecule has 0 unspecified atom stereocenters. The van der Waals surface area contributed by atoms with Crippen LogP contribution in [0, 0.1) is 17.8 Å². The first-order chi connectivity index (χ1) is 10.8. The second-order valence-corrected chi connectivity index (χ2v) is 14.4. The summed E-state index contributed by atoms with van der Waals surface area (Å²) in [5.74, 6) is 2.79. The standard InChI is InChI=1S/C19H36N3P/c1-13(2)23(14(3)4,15(5)6)22-21-20-19-10-16-7-17(11-19)9-18(8-16)12-19/h13-18H,7-12H2,1-6H3. The summed E-state index contributed by atoms with van der Waals surface area (Å²) in [6, 6.07) is 0. The summed E-state index contributed by atoms with van der Waals surface area (Å²) < 4.78 is 0. The topological polar surface area (TPSA) is 37.1 Å². The molecule has 4 saturated carbocycles. The smallest absolute Gasteiger partial charge is 0.0846 e. The van der Waals surface area contributed by atoms with Crippen LogP contribution in [0.3, 0.4) is 0 Å². The third kappa shape index (κ3) is 3.08. The Balaban J connectivity index is 1.86. The summed E-state index contributed by atoms with van der Waals surface area (Å²) in [5, 5.41) is 9.53. The fraction of sp³-hybridized carbons (Fsp3) is 1.00. The molecular weight excluding hydrogens is 301 g/mol. The highest BCUT2D eigenvalue weighted by atomic mass is 31.2. The third-order valence-corrected chi connectivity index (χ3v) is 12.3. The van der Waals surface area contributed by atoms with Gasteiger partial charge < -0.3 is 0 Å². The van der Waals surface area contributed by atoms with Crippen molar-refractivity contribution in [3.63, 3.8) is 0 Å². The van der Waals surface area contributed by atoms with E-state index in [0.29, 0.717) is 17.0 Å². The van der Waals surface area contributed by atoms with Crippen molar-refractivity contribution in [3.8, 4) is 0 Å². The first kappa shape index (κ1) is 17.6. The van der Waals surface area contributed by atoms with Crippen LogP contribution >= 0.6 is 7.05 Å². The summed E-state index contributed by atoms with van der Waals surface area (Å²) >= 11 is 0. The lowest BCUT2D eigenvalue weighted by atomic mass is 9.53. The molecule has 4 fully saturated rings. The zero-order chi connectivity index (χ0) is 16.8. The van der Waals surface area contributed by atoms with Gasteiger partial charge in [-0.3, -0.25) is 0 Å². The molecule has 0 aliphatic heterocycles. The van der Waals surface area contributed by atoms with Crippen LogP contribution in [-0.2, 0) is 0 Å².